The van der Waals surface area contributed by atoms with Gasteiger partial charge in [0.05, 0.1) is 28.8 Å². The SMILES string of the molecule is CNC(=O)CNCC(=O)Nc1c(Cl)ccc(C)c1Cl. The van der Waals surface area contributed by atoms with E-state index in [1.807, 2.05) is 6.92 Å². The summed E-state index contributed by atoms with van der Waals surface area (Å²) in [5, 5.41) is 8.53. The highest BCUT2D eigenvalue weighted by molar-refractivity contribution is 6.40. The normalized spacial score (nSPS) is 10.1. The Labute approximate surface area is 121 Å². The number of rotatable bonds is 5. The average molecular weight is 304 g/mol. The molecule has 0 bridgehead atoms. The molecule has 0 spiro atoms. The molecule has 104 valence electrons. The van der Waals surface area contributed by atoms with Crippen LogP contribution in [-0.4, -0.2) is 32.0 Å². The Hall–Kier alpha value is -1.30. The van der Waals surface area contributed by atoms with Crippen LogP contribution in [0.4, 0.5) is 5.69 Å². The van der Waals surface area contributed by atoms with Crippen LogP contribution in [0.25, 0.3) is 0 Å². The zero-order valence-corrected chi connectivity index (χ0v) is 12.2. The van der Waals surface area contributed by atoms with E-state index in [2.05, 4.69) is 16.0 Å². The maximum Gasteiger partial charge on any atom is 0.238 e. The van der Waals surface area contributed by atoms with Crippen molar-refractivity contribution in [3.8, 4) is 0 Å². The summed E-state index contributed by atoms with van der Waals surface area (Å²) in [6.07, 6.45) is 0. The van der Waals surface area contributed by atoms with E-state index in [4.69, 9.17) is 23.2 Å². The maximum atomic E-state index is 11.7. The lowest BCUT2D eigenvalue weighted by molar-refractivity contribution is -0.119. The van der Waals surface area contributed by atoms with Crippen molar-refractivity contribution in [1.29, 1.82) is 0 Å². The molecule has 0 aromatic heterocycles. The van der Waals surface area contributed by atoms with E-state index in [9.17, 15) is 9.59 Å². The largest absolute Gasteiger partial charge is 0.358 e. The highest BCUT2D eigenvalue weighted by atomic mass is 35.5. The number of aryl methyl sites for hydroxylation is 1. The van der Waals surface area contributed by atoms with Crippen molar-refractivity contribution in [1.82, 2.24) is 10.6 Å². The number of benzene rings is 1. The fraction of sp³-hybridized carbons (Fsp3) is 0.333. The predicted molar refractivity (Wildman–Crippen MR) is 76.8 cm³/mol. The second-order valence-corrected chi connectivity index (χ2v) is 4.66. The Morgan fingerprint density at radius 1 is 1.16 bits per heavy atom. The summed E-state index contributed by atoms with van der Waals surface area (Å²) in [5.41, 5.74) is 1.20. The molecule has 0 unspecified atom stereocenters. The number of hydrogen-bond acceptors (Lipinski definition) is 3. The van der Waals surface area contributed by atoms with E-state index in [0.29, 0.717) is 15.7 Å². The first-order chi connectivity index (χ1) is 8.95. The van der Waals surface area contributed by atoms with Gasteiger partial charge >= 0.3 is 0 Å². The lowest BCUT2D eigenvalue weighted by atomic mass is 10.2. The first-order valence-corrected chi connectivity index (χ1v) is 6.37. The molecule has 0 radical (unpaired) electrons. The topological polar surface area (TPSA) is 70.2 Å². The minimum absolute atomic E-state index is 0.00593. The molecule has 0 aliphatic carbocycles. The Morgan fingerprint density at radius 2 is 1.79 bits per heavy atom. The van der Waals surface area contributed by atoms with E-state index in [-0.39, 0.29) is 24.9 Å². The summed E-state index contributed by atoms with van der Waals surface area (Å²) < 4.78 is 0. The van der Waals surface area contributed by atoms with Crippen molar-refractivity contribution >= 4 is 40.7 Å². The molecule has 0 fully saturated rings. The van der Waals surface area contributed by atoms with Crippen molar-refractivity contribution in [2.24, 2.45) is 0 Å². The maximum absolute atomic E-state index is 11.7. The standard InChI is InChI=1S/C12H15Cl2N3O2/c1-7-3-4-8(13)12(11(7)14)17-10(19)6-16-5-9(18)15-2/h3-4,16H,5-6H2,1-2H3,(H,15,18)(H,17,19). The summed E-state index contributed by atoms with van der Waals surface area (Å²) in [7, 11) is 1.52. The first kappa shape index (κ1) is 15.8. The molecule has 0 heterocycles. The number of carbonyl (C=O) groups excluding carboxylic acids is 2. The highest BCUT2D eigenvalue weighted by Crippen LogP contribution is 2.32. The number of likely N-dealkylation sites (N-methyl/N-ethyl adjacent to an activating group) is 1. The summed E-state index contributed by atoms with van der Waals surface area (Å²) >= 11 is 12.0. The molecule has 5 nitrogen and oxygen atoms in total. The van der Waals surface area contributed by atoms with Crippen molar-refractivity contribution < 1.29 is 9.59 Å². The average Bonchev–Trinajstić information content (AvgIpc) is 2.39. The van der Waals surface area contributed by atoms with Crippen LogP contribution in [0.15, 0.2) is 12.1 Å². The number of anilines is 1. The van der Waals surface area contributed by atoms with E-state index in [1.54, 1.807) is 12.1 Å². The number of nitrogens with one attached hydrogen (secondary N) is 3. The van der Waals surface area contributed by atoms with Gasteiger partial charge in [-0.3, -0.25) is 14.9 Å². The van der Waals surface area contributed by atoms with Gasteiger partial charge in [0.1, 0.15) is 0 Å². The Morgan fingerprint density at radius 3 is 2.42 bits per heavy atom. The molecular weight excluding hydrogens is 289 g/mol. The van der Waals surface area contributed by atoms with Gasteiger partial charge in [-0.15, -0.1) is 0 Å². The van der Waals surface area contributed by atoms with Crippen LogP contribution >= 0.6 is 23.2 Å². The summed E-state index contributed by atoms with van der Waals surface area (Å²) in [6, 6.07) is 3.43. The summed E-state index contributed by atoms with van der Waals surface area (Å²) in [6.45, 7) is 1.88. The zero-order valence-electron chi connectivity index (χ0n) is 10.6. The minimum Gasteiger partial charge on any atom is -0.358 e. The molecule has 1 rings (SSSR count). The Bertz CT molecular complexity index is 492. The summed E-state index contributed by atoms with van der Waals surface area (Å²) in [5.74, 6) is -0.516. The smallest absolute Gasteiger partial charge is 0.238 e. The molecule has 0 saturated heterocycles. The fourth-order valence-corrected chi connectivity index (χ4v) is 1.80. The third-order valence-electron chi connectivity index (χ3n) is 2.40. The van der Waals surface area contributed by atoms with Crippen LogP contribution in [0.3, 0.4) is 0 Å². The quantitative estimate of drug-likeness (QED) is 0.773. The molecule has 0 aliphatic rings. The summed E-state index contributed by atoms with van der Waals surface area (Å²) in [4.78, 5) is 22.6. The van der Waals surface area contributed by atoms with E-state index < -0.39 is 0 Å². The number of amides is 2. The molecule has 0 saturated carbocycles. The first-order valence-electron chi connectivity index (χ1n) is 5.61. The number of hydrogen-bond donors (Lipinski definition) is 3. The van der Waals surface area contributed by atoms with Crippen molar-refractivity contribution in [3.05, 3.63) is 27.7 Å². The van der Waals surface area contributed by atoms with Gasteiger partial charge in [-0.25, -0.2) is 0 Å². The third kappa shape index (κ3) is 4.70. The molecule has 3 N–H and O–H groups in total. The van der Waals surface area contributed by atoms with Gasteiger partial charge in [0.2, 0.25) is 11.8 Å². The van der Waals surface area contributed by atoms with Crippen LogP contribution in [0.5, 0.6) is 0 Å². The third-order valence-corrected chi connectivity index (χ3v) is 3.20. The van der Waals surface area contributed by atoms with Crippen LogP contribution < -0.4 is 16.0 Å². The molecule has 2 amide bonds. The fourth-order valence-electron chi connectivity index (χ4n) is 1.33. The van der Waals surface area contributed by atoms with Gasteiger partial charge in [0.25, 0.3) is 0 Å². The number of halogens is 2. The van der Waals surface area contributed by atoms with Crippen molar-refractivity contribution in [2.45, 2.75) is 6.92 Å². The second-order valence-electron chi connectivity index (χ2n) is 3.88. The molecule has 19 heavy (non-hydrogen) atoms. The van der Waals surface area contributed by atoms with Crippen LogP contribution in [0.2, 0.25) is 10.0 Å². The Kier molecular flexibility index (Phi) is 6.08. The molecule has 1 aromatic rings. The van der Waals surface area contributed by atoms with E-state index in [1.165, 1.54) is 7.05 Å². The highest BCUT2D eigenvalue weighted by Gasteiger charge is 2.11. The van der Waals surface area contributed by atoms with Gasteiger partial charge in [0.15, 0.2) is 0 Å². The lowest BCUT2D eigenvalue weighted by Crippen LogP contribution is -2.36. The van der Waals surface area contributed by atoms with Crippen LogP contribution in [0.1, 0.15) is 5.56 Å². The second kappa shape index (κ2) is 7.33. The van der Waals surface area contributed by atoms with Gasteiger partial charge in [-0.05, 0) is 18.6 Å². The predicted octanol–water partition coefficient (Wildman–Crippen LogP) is 1.58. The number of carbonyl (C=O) groups is 2. The Balaban J connectivity index is 2.58. The zero-order chi connectivity index (χ0) is 14.4. The minimum atomic E-state index is -0.321. The van der Waals surface area contributed by atoms with Gasteiger partial charge < -0.3 is 10.6 Å². The molecule has 0 atom stereocenters. The molecule has 1 aromatic carbocycles. The van der Waals surface area contributed by atoms with Crippen molar-refractivity contribution in [3.63, 3.8) is 0 Å². The van der Waals surface area contributed by atoms with Gasteiger partial charge in [-0.1, -0.05) is 29.3 Å². The van der Waals surface area contributed by atoms with Crippen molar-refractivity contribution in [2.75, 3.05) is 25.5 Å². The monoisotopic (exact) mass is 303 g/mol. The molecule has 7 heteroatoms. The lowest BCUT2D eigenvalue weighted by Gasteiger charge is -2.11. The van der Waals surface area contributed by atoms with Crippen LogP contribution in [-0.2, 0) is 9.59 Å². The van der Waals surface area contributed by atoms with E-state index >= 15 is 0 Å². The van der Waals surface area contributed by atoms with Gasteiger partial charge in [-0.2, -0.15) is 0 Å². The van der Waals surface area contributed by atoms with Crippen LogP contribution in [0, 0.1) is 6.92 Å². The van der Waals surface area contributed by atoms with E-state index in [0.717, 1.165) is 5.56 Å². The van der Waals surface area contributed by atoms with Gasteiger partial charge in [0, 0.05) is 7.05 Å². The molecular formula is C12H15Cl2N3O2. The molecule has 0 aliphatic heterocycles.